The van der Waals surface area contributed by atoms with Gasteiger partial charge in [-0.15, -0.1) is 0 Å². The number of ether oxygens (including phenoxy) is 1. The molecule has 0 saturated heterocycles. The smallest absolute Gasteiger partial charge is 0.123 e. The molecule has 2 aliphatic rings. The summed E-state index contributed by atoms with van der Waals surface area (Å²) in [6.07, 6.45) is 6.79. The van der Waals surface area contributed by atoms with Crippen LogP contribution in [0.5, 0.6) is 0 Å². The van der Waals surface area contributed by atoms with Gasteiger partial charge >= 0.3 is 0 Å². The first kappa shape index (κ1) is 4.61. The molecule has 1 radical (unpaired) electrons. The van der Waals surface area contributed by atoms with Crippen molar-refractivity contribution < 1.29 is 4.74 Å². The van der Waals surface area contributed by atoms with Gasteiger partial charge in [0.25, 0.3) is 0 Å². The Morgan fingerprint density at radius 1 is 1.56 bits per heavy atom. The van der Waals surface area contributed by atoms with Crippen molar-refractivity contribution >= 4 is 6.34 Å². The Morgan fingerprint density at radius 2 is 2.56 bits per heavy atom. The molecular formula is C6H5N2O. The number of hydrogen-bond acceptors (Lipinski definition) is 3. The molecule has 3 heteroatoms. The quantitative estimate of drug-likeness (QED) is 0.474. The van der Waals surface area contributed by atoms with Gasteiger partial charge in [-0.2, -0.15) is 0 Å². The van der Waals surface area contributed by atoms with E-state index in [-0.39, 0.29) is 0 Å². The Morgan fingerprint density at radius 3 is 3.44 bits per heavy atom. The van der Waals surface area contributed by atoms with Gasteiger partial charge < -0.3 is 9.64 Å². The first-order valence-electron chi connectivity index (χ1n) is 2.64. The molecule has 0 N–H and O–H groups in total. The molecular weight excluding hydrogens is 116 g/mol. The fourth-order valence-corrected chi connectivity index (χ4v) is 0.740. The van der Waals surface area contributed by atoms with Crippen molar-refractivity contribution in [3.05, 3.63) is 31.0 Å². The molecule has 0 aromatic carbocycles. The number of aliphatic imine (C=N–C) groups is 1. The molecule has 45 valence electrons. The average molecular weight is 121 g/mol. The Bertz CT molecular complexity index is 205. The molecule has 2 rings (SSSR count). The molecule has 0 aromatic heterocycles. The van der Waals surface area contributed by atoms with E-state index in [1.165, 1.54) is 0 Å². The van der Waals surface area contributed by atoms with Gasteiger partial charge in [-0.25, -0.2) is 0 Å². The van der Waals surface area contributed by atoms with E-state index in [9.17, 15) is 0 Å². The van der Waals surface area contributed by atoms with Crippen molar-refractivity contribution in [2.75, 3.05) is 0 Å². The maximum absolute atomic E-state index is 4.89. The van der Waals surface area contributed by atoms with Crippen LogP contribution in [0.1, 0.15) is 0 Å². The van der Waals surface area contributed by atoms with Gasteiger partial charge in [0.2, 0.25) is 0 Å². The highest BCUT2D eigenvalue weighted by Gasteiger charge is 2.12. The second-order valence-corrected chi connectivity index (χ2v) is 1.76. The lowest BCUT2D eigenvalue weighted by Crippen LogP contribution is -2.11. The van der Waals surface area contributed by atoms with Crippen LogP contribution in [0.2, 0.25) is 0 Å². The lowest BCUT2D eigenvalue weighted by molar-refractivity contribution is 0.366. The van der Waals surface area contributed by atoms with Crippen LogP contribution in [-0.2, 0) is 4.74 Å². The van der Waals surface area contributed by atoms with Crippen LogP contribution < -0.4 is 0 Å². The highest BCUT2D eigenvalue weighted by Crippen LogP contribution is 2.16. The lowest BCUT2D eigenvalue weighted by Gasteiger charge is -2.12. The predicted octanol–water partition coefficient (Wildman–Crippen LogP) is 0.835. The number of fused-ring (bicyclic) bond motifs is 1. The normalized spacial score (nSPS) is 21.3. The number of hydrogen-bond donors (Lipinski definition) is 0. The van der Waals surface area contributed by atoms with Gasteiger partial charge in [-0.1, -0.05) is 0 Å². The Kier molecular flexibility index (Phi) is 0.828. The van der Waals surface area contributed by atoms with E-state index in [4.69, 9.17) is 4.74 Å². The summed E-state index contributed by atoms with van der Waals surface area (Å²) < 4.78 is 4.89. The van der Waals surface area contributed by atoms with E-state index in [1.807, 2.05) is 11.1 Å². The zero-order chi connectivity index (χ0) is 6.10. The first-order valence-corrected chi connectivity index (χ1v) is 2.64. The van der Waals surface area contributed by atoms with E-state index in [1.54, 1.807) is 25.4 Å². The highest BCUT2D eigenvalue weighted by molar-refractivity contribution is 5.65. The summed E-state index contributed by atoms with van der Waals surface area (Å²) in [4.78, 5) is 5.78. The van der Waals surface area contributed by atoms with E-state index in [2.05, 4.69) is 4.99 Å². The van der Waals surface area contributed by atoms with Gasteiger partial charge in [0, 0.05) is 6.20 Å². The van der Waals surface area contributed by atoms with Crippen LogP contribution in [0, 0.1) is 6.54 Å². The Balaban J connectivity index is 2.29. The van der Waals surface area contributed by atoms with Crippen molar-refractivity contribution in [3.8, 4) is 0 Å². The summed E-state index contributed by atoms with van der Waals surface area (Å²) in [6, 6.07) is 0. The lowest BCUT2D eigenvalue weighted by atomic mass is 10.4. The second kappa shape index (κ2) is 1.62. The third kappa shape index (κ3) is 0.614. The van der Waals surface area contributed by atoms with Crippen molar-refractivity contribution in [1.82, 2.24) is 4.90 Å². The molecule has 0 atom stereocenters. The van der Waals surface area contributed by atoms with Crippen molar-refractivity contribution in [2.24, 2.45) is 4.99 Å². The molecule has 0 spiro atoms. The summed E-state index contributed by atoms with van der Waals surface area (Å²) in [6.45, 7) is 1.74. The average Bonchev–Trinajstić information content (AvgIpc) is 2.33. The fraction of sp³-hybridized carbons (Fsp3) is 0. The van der Waals surface area contributed by atoms with Crippen molar-refractivity contribution in [1.29, 1.82) is 0 Å². The van der Waals surface area contributed by atoms with Crippen LogP contribution in [-0.4, -0.2) is 11.2 Å². The van der Waals surface area contributed by atoms with Gasteiger partial charge in [-0.05, 0) is 0 Å². The third-order valence-electron chi connectivity index (χ3n) is 1.18. The van der Waals surface area contributed by atoms with E-state index < -0.39 is 0 Å². The standard InChI is InChI=1S/C6H5N2O/c1-2-9-4-6-3-7-5-8(1)6/h1-5H. The van der Waals surface area contributed by atoms with Gasteiger partial charge in [0.1, 0.15) is 19.1 Å². The topological polar surface area (TPSA) is 24.8 Å². The van der Waals surface area contributed by atoms with Crippen LogP contribution in [0.25, 0.3) is 0 Å². The SMILES string of the molecule is [CH]1N=CN2C=COC=C12. The van der Waals surface area contributed by atoms with Crippen molar-refractivity contribution in [2.45, 2.75) is 0 Å². The highest BCUT2D eigenvalue weighted by atomic mass is 16.5. The summed E-state index contributed by atoms with van der Waals surface area (Å²) in [5.41, 5.74) is 0.970. The molecule has 0 aliphatic carbocycles. The van der Waals surface area contributed by atoms with E-state index >= 15 is 0 Å². The molecule has 9 heavy (non-hydrogen) atoms. The summed E-state index contributed by atoms with van der Waals surface area (Å²) >= 11 is 0. The minimum Gasteiger partial charge on any atom is -0.469 e. The zero-order valence-electron chi connectivity index (χ0n) is 4.69. The van der Waals surface area contributed by atoms with Crippen LogP contribution in [0.4, 0.5) is 0 Å². The molecule has 0 saturated carbocycles. The van der Waals surface area contributed by atoms with Crippen LogP contribution >= 0.6 is 0 Å². The molecule has 0 fully saturated rings. The minimum atomic E-state index is 0.970. The molecule has 0 amide bonds. The van der Waals surface area contributed by atoms with Gasteiger partial charge in [0.15, 0.2) is 0 Å². The van der Waals surface area contributed by atoms with Crippen LogP contribution in [0.15, 0.2) is 29.4 Å². The molecule has 3 nitrogen and oxygen atoms in total. The zero-order valence-corrected chi connectivity index (χ0v) is 4.69. The minimum absolute atomic E-state index is 0.970. The summed E-state index contributed by atoms with van der Waals surface area (Å²) in [7, 11) is 0. The molecule has 0 aromatic rings. The first-order chi connectivity index (χ1) is 4.47. The maximum atomic E-state index is 4.89. The van der Waals surface area contributed by atoms with E-state index in [0.29, 0.717) is 0 Å². The van der Waals surface area contributed by atoms with Crippen LogP contribution in [0.3, 0.4) is 0 Å². The molecule has 0 unspecified atom stereocenters. The van der Waals surface area contributed by atoms with Crippen molar-refractivity contribution in [3.63, 3.8) is 0 Å². The maximum Gasteiger partial charge on any atom is 0.123 e. The van der Waals surface area contributed by atoms with Gasteiger partial charge in [-0.3, -0.25) is 4.99 Å². The predicted molar refractivity (Wildman–Crippen MR) is 32.9 cm³/mol. The largest absolute Gasteiger partial charge is 0.469 e. The molecule has 2 heterocycles. The number of nitrogens with zero attached hydrogens (tertiary/aromatic N) is 2. The summed E-state index contributed by atoms with van der Waals surface area (Å²) in [5, 5.41) is 0. The molecule has 0 bridgehead atoms. The Labute approximate surface area is 52.9 Å². The number of rotatable bonds is 0. The second-order valence-electron chi connectivity index (χ2n) is 1.76. The van der Waals surface area contributed by atoms with Gasteiger partial charge in [0.05, 0.1) is 12.0 Å². The molecule has 2 aliphatic heterocycles. The fourth-order valence-electron chi connectivity index (χ4n) is 0.740. The Hall–Kier alpha value is -1.25. The summed E-state index contributed by atoms with van der Waals surface area (Å²) in [5.74, 6) is 0. The van der Waals surface area contributed by atoms with E-state index in [0.717, 1.165) is 5.70 Å². The monoisotopic (exact) mass is 121 g/mol. The third-order valence-corrected chi connectivity index (χ3v) is 1.18.